The van der Waals surface area contributed by atoms with Crippen LogP contribution in [0.15, 0.2) is 0 Å². The smallest absolute Gasteiger partial charge is 0.0593 e. The zero-order valence-corrected chi connectivity index (χ0v) is 10.3. The number of unbranched alkanes of at least 4 members (excludes halogenated alkanes) is 1. The molecule has 0 aromatic carbocycles. The van der Waals surface area contributed by atoms with E-state index in [2.05, 4.69) is 24.2 Å². The van der Waals surface area contributed by atoms with Crippen LogP contribution in [-0.4, -0.2) is 50.8 Å². The monoisotopic (exact) mass is 214 g/mol. The van der Waals surface area contributed by atoms with E-state index in [4.69, 9.17) is 4.74 Å². The van der Waals surface area contributed by atoms with Gasteiger partial charge in [-0.1, -0.05) is 13.3 Å². The lowest BCUT2D eigenvalue weighted by Gasteiger charge is -2.20. The standard InChI is InChI=1S/C12H26N2O/c1-3-4-9-15-10-8-14(2)11-12-6-5-7-13-12/h12-13H,3-11H2,1-2H3. The Balaban J connectivity index is 1.91. The molecule has 0 aliphatic carbocycles. The molecule has 1 saturated heterocycles. The van der Waals surface area contributed by atoms with Crippen molar-refractivity contribution in [1.82, 2.24) is 10.2 Å². The van der Waals surface area contributed by atoms with E-state index in [0.717, 1.165) is 26.3 Å². The van der Waals surface area contributed by atoms with E-state index in [1.54, 1.807) is 0 Å². The minimum atomic E-state index is 0.714. The lowest BCUT2D eigenvalue weighted by molar-refractivity contribution is 0.107. The predicted molar refractivity (Wildman–Crippen MR) is 64.2 cm³/mol. The van der Waals surface area contributed by atoms with E-state index in [1.807, 2.05) is 0 Å². The summed E-state index contributed by atoms with van der Waals surface area (Å²) in [5.41, 5.74) is 0. The summed E-state index contributed by atoms with van der Waals surface area (Å²) < 4.78 is 5.55. The normalized spacial score (nSPS) is 21.4. The first-order valence-corrected chi connectivity index (χ1v) is 6.32. The second kappa shape index (κ2) is 8.08. The predicted octanol–water partition coefficient (Wildman–Crippen LogP) is 1.49. The summed E-state index contributed by atoms with van der Waals surface area (Å²) >= 11 is 0. The molecule has 1 heterocycles. The van der Waals surface area contributed by atoms with Crippen LogP contribution < -0.4 is 5.32 Å². The molecule has 1 N–H and O–H groups in total. The van der Waals surface area contributed by atoms with E-state index >= 15 is 0 Å². The van der Waals surface area contributed by atoms with Gasteiger partial charge >= 0.3 is 0 Å². The second-order valence-electron chi connectivity index (χ2n) is 4.52. The summed E-state index contributed by atoms with van der Waals surface area (Å²) in [6, 6.07) is 0.714. The van der Waals surface area contributed by atoms with E-state index in [9.17, 15) is 0 Å². The van der Waals surface area contributed by atoms with Crippen LogP contribution in [0, 0.1) is 0 Å². The van der Waals surface area contributed by atoms with Crippen LogP contribution >= 0.6 is 0 Å². The van der Waals surface area contributed by atoms with Crippen molar-refractivity contribution in [2.24, 2.45) is 0 Å². The number of hydrogen-bond acceptors (Lipinski definition) is 3. The quantitative estimate of drug-likeness (QED) is 0.620. The van der Waals surface area contributed by atoms with Crippen LogP contribution in [0.3, 0.4) is 0 Å². The second-order valence-corrected chi connectivity index (χ2v) is 4.52. The summed E-state index contributed by atoms with van der Waals surface area (Å²) in [7, 11) is 2.18. The van der Waals surface area contributed by atoms with Crippen molar-refractivity contribution >= 4 is 0 Å². The van der Waals surface area contributed by atoms with Crippen LogP contribution in [0.1, 0.15) is 32.6 Å². The van der Waals surface area contributed by atoms with Gasteiger partial charge in [0.05, 0.1) is 6.61 Å². The van der Waals surface area contributed by atoms with E-state index in [1.165, 1.54) is 32.2 Å². The summed E-state index contributed by atoms with van der Waals surface area (Å²) in [6.07, 6.45) is 5.09. The molecule has 0 spiro atoms. The molecule has 0 aromatic heterocycles. The van der Waals surface area contributed by atoms with Crippen molar-refractivity contribution in [2.75, 3.05) is 39.9 Å². The average Bonchev–Trinajstić information content (AvgIpc) is 2.70. The third kappa shape index (κ3) is 6.13. The molecule has 0 aromatic rings. The molecule has 1 fully saturated rings. The topological polar surface area (TPSA) is 24.5 Å². The van der Waals surface area contributed by atoms with Gasteiger partial charge in [-0.15, -0.1) is 0 Å². The summed E-state index contributed by atoms with van der Waals surface area (Å²) in [5, 5.41) is 3.52. The highest BCUT2D eigenvalue weighted by Crippen LogP contribution is 2.05. The molecule has 3 heteroatoms. The zero-order chi connectivity index (χ0) is 10.9. The van der Waals surface area contributed by atoms with Gasteiger partial charge in [0.25, 0.3) is 0 Å². The molecular weight excluding hydrogens is 188 g/mol. The minimum Gasteiger partial charge on any atom is -0.380 e. The fraction of sp³-hybridized carbons (Fsp3) is 1.00. The number of hydrogen-bond donors (Lipinski definition) is 1. The van der Waals surface area contributed by atoms with Crippen LogP contribution in [0.4, 0.5) is 0 Å². The van der Waals surface area contributed by atoms with Gasteiger partial charge < -0.3 is 15.0 Å². The maximum atomic E-state index is 5.55. The maximum absolute atomic E-state index is 5.55. The highest BCUT2D eigenvalue weighted by atomic mass is 16.5. The number of nitrogens with zero attached hydrogens (tertiary/aromatic N) is 1. The Morgan fingerprint density at radius 2 is 2.27 bits per heavy atom. The molecule has 1 unspecified atom stereocenters. The van der Waals surface area contributed by atoms with Crippen LogP contribution in [0.25, 0.3) is 0 Å². The fourth-order valence-electron chi connectivity index (χ4n) is 1.95. The van der Waals surface area contributed by atoms with Crippen LogP contribution in [0.5, 0.6) is 0 Å². The first-order chi connectivity index (χ1) is 7.33. The van der Waals surface area contributed by atoms with Gasteiger partial charge in [0.15, 0.2) is 0 Å². The number of likely N-dealkylation sites (N-methyl/N-ethyl adjacent to an activating group) is 1. The molecule has 1 aliphatic heterocycles. The van der Waals surface area contributed by atoms with Crippen LogP contribution in [-0.2, 0) is 4.74 Å². The molecule has 1 atom stereocenters. The van der Waals surface area contributed by atoms with Gasteiger partial charge in [0.2, 0.25) is 0 Å². The molecule has 1 aliphatic rings. The van der Waals surface area contributed by atoms with Gasteiger partial charge in [0.1, 0.15) is 0 Å². The Morgan fingerprint density at radius 1 is 1.40 bits per heavy atom. The van der Waals surface area contributed by atoms with Crippen molar-refractivity contribution < 1.29 is 4.74 Å². The Labute approximate surface area is 94.2 Å². The largest absolute Gasteiger partial charge is 0.380 e. The first kappa shape index (κ1) is 12.9. The Bertz CT molecular complexity index is 147. The van der Waals surface area contributed by atoms with Gasteiger partial charge in [-0.2, -0.15) is 0 Å². The zero-order valence-electron chi connectivity index (χ0n) is 10.3. The summed E-state index contributed by atoms with van der Waals surface area (Å²) in [6.45, 7) is 7.42. The maximum Gasteiger partial charge on any atom is 0.0593 e. The lowest BCUT2D eigenvalue weighted by atomic mass is 10.2. The average molecular weight is 214 g/mol. The Morgan fingerprint density at radius 3 is 2.93 bits per heavy atom. The fourth-order valence-corrected chi connectivity index (χ4v) is 1.95. The molecule has 0 saturated carbocycles. The molecule has 1 rings (SSSR count). The van der Waals surface area contributed by atoms with Crippen molar-refractivity contribution in [3.05, 3.63) is 0 Å². The van der Waals surface area contributed by atoms with E-state index < -0.39 is 0 Å². The van der Waals surface area contributed by atoms with Gasteiger partial charge in [-0.3, -0.25) is 0 Å². The van der Waals surface area contributed by atoms with Gasteiger partial charge in [-0.05, 0) is 32.9 Å². The van der Waals surface area contributed by atoms with Gasteiger partial charge in [0, 0.05) is 25.7 Å². The third-order valence-electron chi connectivity index (χ3n) is 2.95. The molecule has 15 heavy (non-hydrogen) atoms. The molecule has 0 bridgehead atoms. The van der Waals surface area contributed by atoms with E-state index in [-0.39, 0.29) is 0 Å². The molecule has 0 amide bonds. The number of nitrogens with one attached hydrogen (secondary N) is 1. The molecule has 3 nitrogen and oxygen atoms in total. The third-order valence-corrected chi connectivity index (χ3v) is 2.95. The molecule has 90 valence electrons. The van der Waals surface area contributed by atoms with Crippen molar-refractivity contribution in [3.63, 3.8) is 0 Å². The van der Waals surface area contributed by atoms with Crippen LogP contribution in [0.2, 0.25) is 0 Å². The van der Waals surface area contributed by atoms with Crippen molar-refractivity contribution in [2.45, 2.75) is 38.6 Å². The number of rotatable bonds is 8. The highest BCUT2D eigenvalue weighted by molar-refractivity contribution is 4.76. The highest BCUT2D eigenvalue weighted by Gasteiger charge is 2.15. The number of ether oxygens (including phenoxy) is 1. The van der Waals surface area contributed by atoms with Crippen molar-refractivity contribution in [1.29, 1.82) is 0 Å². The first-order valence-electron chi connectivity index (χ1n) is 6.32. The lowest BCUT2D eigenvalue weighted by Crippen LogP contribution is -2.36. The van der Waals surface area contributed by atoms with Crippen molar-refractivity contribution in [3.8, 4) is 0 Å². The van der Waals surface area contributed by atoms with Gasteiger partial charge in [-0.25, -0.2) is 0 Å². The molecular formula is C12H26N2O. The summed E-state index contributed by atoms with van der Waals surface area (Å²) in [5.74, 6) is 0. The molecule has 0 radical (unpaired) electrons. The van der Waals surface area contributed by atoms with E-state index in [0.29, 0.717) is 6.04 Å². The Kier molecular flexibility index (Phi) is 6.98. The minimum absolute atomic E-state index is 0.714. The SMILES string of the molecule is CCCCOCCN(C)CC1CCCN1. The Hall–Kier alpha value is -0.120. The summed E-state index contributed by atoms with van der Waals surface area (Å²) in [4.78, 5) is 2.37.